The lowest BCUT2D eigenvalue weighted by atomic mass is 10.3. The number of hydrogen-bond donors (Lipinski definition) is 0. The van der Waals surface area contributed by atoms with Gasteiger partial charge >= 0.3 is 0 Å². The molecule has 0 aliphatic rings. The second kappa shape index (κ2) is 3.91. The van der Waals surface area contributed by atoms with Gasteiger partial charge in [-0.25, -0.2) is 18.2 Å². The number of hydrogen-bond acceptors (Lipinski definition) is 1. The average molecular weight is 352 g/mol. The molecule has 0 aliphatic heterocycles. The van der Waals surface area contributed by atoms with Crippen LogP contribution >= 0.6 is 38.5 Å². The van der Waals surface area contributed by atoms with Crippen LogP contribution in [0.25, 0.3) is 0 Å². The van der Waals surface area contributed by atoms with Gasteiger partial charge in [-0.3, -0.25) is 0 Å². The number of rotatable bonds is 1. The van der Waals surface area contributed by atoms with Crippen LogP contribution in [0.15, 0.2) is 10.8 Å². The summed E-state index contributed by atoms with van der Waals surface area (Å²) in [6.07, 6.45) is -1.81. The van der Waals surface area contributed by atoms with Gasteiger partial charge in [-0.2, -0.15) is 0 Å². The molecule has 0 spiro atoms. The van der Waals surface area contributed by atoms with Gasteiger partial charge in [0.1, 0.15) is 4.60 Å². The minimum absolute atomic E-state index is 0.0108. The van der Waals surface area contributed by atoms with Crippen molar-refractivity contribution < 1.29 is 13.2 Å². The van der Waals surface area contributed by atoms with Crippen molar-refractivity contribution in [2.45, 2.75) is 6.43 Å². The van der Waals surface area contributed by atoms with Crippen LogP contribution in [0.4, 0.5) is 13.2 Å². The summed E-state index contributed by atoms with van der Waals surface area (Å²) >= 11 is 4.34. The molecular weight excluding hydrogens is 350 g/mol. The van der Waals surface area contributed by atoms with Gasteiger partial charge in [0.15, 0.2) is 5.82 Å². The summed E-state index contributed by atoms with van der Waals surface area (Å²) in [7, 11) is 0. The van der Waals surface area contributed by atoms with Crippen molar-refractivity contribution >= 4 is 38.5 Å². The lowest BCUT2D eigenvalue weighted by molar-refractivity contribution is 0.148. The van der Waals surface area contributed by atoms with Crippen LogP contribution in [0.5, 0.6) is 0 Å². The standard InChI is InChI=1S/C6H2BrF3IN/c7-5-3(6(9)10)4(11)2(8)1-12-5/h1,6H. The molecule has 0 amide bonds. The average Bonchev–Trinajstić information content (AvgIpc) is 1.97. The Balaban J connectivity index is 3.33. The molecule has 0 saturated carbocycles. The summed E-state index contributed by atoms with van der Waals surface area (Å²) in [6.45, 7) is 0. The first-order valence-corrected chi connectivity index (χ1v) is 4.68. The zero-order valence-corrected chi connectivity index (χ0v) is 9.24. The Bertz CT molecular complexity index is 305. The first-order chi connectivity index (χ1) is 5.54. The molecule has 0 aromatic carbocycles. The Labute approximate surface area is 88.6 Å². The quantitative estimate of drug-likeness (QED) is 0.557. The maximum absolute atomic E-state index is 12.7. The van der Waals surface area contributed by atoms with Crippen molar-refractivity contribution in [3.63, 3.8) is 0 Å². The summed E-state index contributed by atoms with van der Waals surface area (Å²) < 4.78 is 37.0. The first-order valence-electron chi connectivity index (χ1n) is 2.81. The summed E-state index contributed by atoms with van der Waals surface area (Å²) in [6, 6.07) is 0. The number of halogens is 5. The smallest absolute Gasteiger partial charge is 0.246 e. The molecule has 0 atom stereocenters. The topological polar surface area (TPSA) is 12.9 Å². The summed E-state index contributed by atoms with van der Waals surface area (Å²) in [5.74, 6) is -0.728. The Morgan fingerprint density at radius 3 is 2.50 bits per heavy atom. The highest BCUT2D eigenvalue weighted by molar-refractivity contribution is 14.1. The third-order valence-electron chi connectivity index (χ3n) is 1.18. The molecule has 0 bridgehead atoms. The SMILES string of the molecule is Fc1cnc(Br)c(C(F)F)c1I. The predicted octanol–water partition coefficient (Wildman–Crippen LogP) is 3.53. The van der Waals surface area contributed by atoms with E-state index < -0.39 is 17.8 Å². The first kappa shape index (κ1) is 10.2. The van der Waals surface area contributed by atoms with E-state index in [1.165, 1.54) is 22.6 Å². The maximum atomic E-state index is 12.7. The zero-order valence-electron chi connectivity index (χ0n) is 5.49. The van der Waals surface area contributed by atoms with Gasteiger partial charge < -0.3 is 0 Å². The highest BCUT2D eigenvalue weighted by Gasteiger charge is 2.19. The normalized spacial score (nSPS) is 10.8. The van der Waals surface area contributed by atoms with Crippen molar-refractivity contribution in [2.24, 2.45) is 0 Å². The van der Waals surface area contributed by atoms with Crippen LogP contribution in [0, 0.1) is 9.39 Å². The van der Waals surface area contributed by atoms with E-state index in [-0.39, 0.29) is 8.17 Å². The van der Waals surface area contributed by atoms with Crippen LogP contribution in [-0.4, -0.2) is 4.98 Å². The fourth-order valence-electron chi connectivity index (χ4n) is 0.645. The van der Waals surface area contributed by atoms with Gasteiger partial charge in [-0.15, -0.1) is 0 Å². The maximum Gasteiger partial charge on any atom is 0.267 e. The van der Waals surface area contributed by atoms with Crippen LogP contribution in [-0.2, 0) is 0 Å². The third-order valence-corrected chi connectivity index (χ3v) is 2.91. The van der Waals surface area contributed by atoms with Crippen molar-refractivity contribution in [1.29, 1.82) is 0 Å². The third kappa shape index (κ3) is 1.90. The summed E-state index contributed by atoms with van der Waals surface area (Å²) in [5.41, 5.74) is -0.393. The number of aromatic nitrogens is 1. The largest absolute Gasteiger partial charge is 0.267 e. The molecule has 0 N–H and O–H groups in total. The Morgan fingerprint density at radius 1 is 1.50 bits per heavy atom. The van der Waals surface area contributed by atoms with Gasteiger partial charge in [0.25, 0.3) is 6.43 Å². The molecular formula is C6H2BrF3IN. The lowest BCUT2D eigenvalue weighted by Crippen LogP contribution is -1.97. The molecule has 0 fully saturated rings. The fourth-order valence-corrected chi connectivity index (χ4v) is 2.12. The summed E-state index contributed by atoms with van der Waals surface area (Å²) in [4.78, 5) is 3.42. The molecule has 0 aliphatic carbocycles. The molecule has 1 heterocycles. The van der Waals surface area contributed by atoms with Crippen molar-refractivity contribution in [1.82, 2.24) is 4.98 Å². The monoisotopic (exact) mass is 351 g/mol. The van der Waals surface area contributed by atoms with Crippen LogP contribution in [0.1, 0.15) is 12.0 Å². The van der Waals surface area contributed by atoms with E-state index in [1.807, 2.05) is 0 Å². The Kier molecular flexibility index (Phi) is 3.33. The number of nitrogens with zero attached hydrogens (tertiary/aromatic N) is 1. The zero-order chi connectivity index (χ0) is 9.30. The molecule has 1 nitrogen and oxygen atoms in total. The lowest BCUT2D eigenvalue weighted by Gasteiger charge is -2.04. The highest BCUT2D eigenvalue weighted by Crippen LogP contribution is 2.31. The molecule has 1 aromatic rings. The van der Waals surface area contributed by atoms with Crippen LogP contribution < -0.4 is 0 Å². The van der Waals surface area contributed by atoms with Crippen molar-refractivity contribution in [2.75, 3.05) is 0 Å². The van der Waals surface area contributed by atoms with Gasteiger partial charge in [0.05, 0.1) is 15.3 Å². The number of alkyl halides is 2. The molecule has 0 unspecified atom stereocenters. The molecule has 1 aromatic heterocycles. The number of pyridine rings is 1. The van der Waals surface area contributed by atoms with Gasteiger partial charge in [0.2, 0.25) is 0 Å². The van der Waals surface area contributed by atoms with Crippen LogP contribution in [0.2, 0.25) is 0 Å². The van der Waals surface area contributed by atoms with Gasteiger partial charge in [0, 0.05) is 0 Å². The molecule has 1 rings (SSSR count). The molecule has 12 heavy (non-hydrogen) atoms. The minimum atomic E-state index is -2.71. The molecule has 66 valence electrons. The van der Waals surface area contributed by atoms with Crippen LogP contribution in [0.3, 0.4) is 0 Å². The Morgan fingerprint density at radius 2 is 2.08 bits per heavy atom. The predicted molar refractivity (Wildman–Crippen MR) is 49.6 cm³/mol. The second-order valence-corrected chi connectivity index (χ2v) is 3.76. The van der Waals surface area contributed by atoms with E-state index in [2.05, 4.69) is 20.9 Å². The van der Waals surface area contributed by atoms with E-state index in [4.69, 9.17) is 0 Å². The van der Waals surface area contributed by atoms with E-state index in [0.29, 0.717) is 0 Å². The summed E-state index contributed by atoms with van der Waals surface area (Å²) in [5, 5.41) is 0. The van der Waals surface area contributed by atoms with Crippen molar-refractivity contribution in [3.05, 3.63) is 25.8 Å². The minimum Gasteiger partial charge on any atom is -0.246 e. The molecule has 0 radical (unpaired) electrons. The van der Waals surface area contributed by atoms with E-state index in [0.717, 1.165) is 6.20 Å². The Hall–Kier alpha value is 0.150. The van der Waals surface area contributed by atoms with Crippen molar-refractivity contribution in [3.8, 4) is 0 Å². The van der Waals surface area contributed by atoms with E-state index in [9.17, 15) is 13.2 Å². The van der Waals surface area contributed by atoms with Gasteiger partial charge in [-0.05, 0) is 38.5 Å². The van der Waals surface area contributed by atoms with E-state index in [1.54, 1.807) is 0 Å². The fraction of sp³-hybridized carbons (Fsp3) is 0.167. The van der Waals surface area contributed by atoms with Gasteiger partial charge in [-0.1, -0.05) is 0 Å². The molecule has 0 saturated heterocycles. The molecule has 6 heteroatoms. The van der Waals surface area contributed by atoms with E-state index >= 15 is 0 Å². The second-order valence-electron chi connectivity index (χ2n) is 1.93. The highest BCUT2D eigenvalue weighted by atomic mass is 127.